The number of benzene rings is 1. The summed E-state index contributed by atoms with van der Waals surface area (Å²) >= 11 is 5.81. The fraction of sp³-hybridized carbons (Fsp3) is 0.231. The smallest absolute Gasteiger partial charge is 0.293 e. The summed E-state index contributed by atoms with van der Waals surface area (Å²) in [6.07, 6.45) is 0. The Morgan fingerprint density at radius 3 is 2.72 bits per heavy atom. The van der Waals surface area contributed by atoms with E-state index < -0.39 is 0 Å². The van der Waals surface area contributed by atoms with Crippen LogP contribution in [0.4, 0.5) is 5.69 Å². The molecular formula is C13H13ClN2O2. The fourth-order valence-electron chi connectivity index (χ4n) is 1.68. The van der Waals surface area contributed by atoms with Gasteiger partial charge < -0.3 is 9.73 Å². The number of anilines is 1. The lowest BCUT2D eigenvalue weighted by Crippen LogP contribution is -2.13. The van der Waals surface area contributed by atoms with Gasteiger partial charge in [-0.2, -0.15) is 0 Å². The third-order valence-electron chi connectivity index (χ3n) is 2.52. The summed E-state index contributed by atoms with van der Waals surface area (Å²) in [4.78, 5) is 16.1. The monoisotopic (exact) mass is 264 g/mol. The molecule has 94 valence electrons. The van der Waals surface area contributed by atoms with E-state index in [-0.39, 0.29) is 11.7 Å². The first kappa shape index (κ1) is 12.6. The lowest BCUT2D eigenvalue weighted by atomic mass is 10.2. The Bertz CT molecular complexity index is 578. The molecule has 0 aliphatic heterocycles. The van der Waals surface area contributed by atoms with Crippen molar-refractivity contribution in [2.24, 2.45) is 0 Å². The van der Waals surface area contributed by atoms with E-state index in [1.807, 2.05) is 18.2 Å². The highest BCUT2D eigenvalue weighted by molar-refractivity contribution is 6.17. The number of aromatic nitrogens is 1. The van der Waals surface area contributed by atoms with E-state index in [0.717, 1.165) is 5.56 Å². The standard InChI is InChI=1S/C13H13ClN2O2/c1-8-12(18-9(2)15-8)13(17)16-11-6-4-3-5-10(11)7-14/h3-6H,7H2,1-2H3,(H,16,17). The number of oxazole rings is 1. The number of para-hydroxylation sites is 1. The van der Waals surface area contributed by atoms with Crippen LogP contribution in [-0.2, 0) is 5.88 Å². The summed E-state index contributed by atoms with van der Waals surface area (Å²) in [7, 11) is 0. The SMILES string of the molecule is Cc1nc(C)c(C(=O)Nc2ccccc2CCl)o1. The minimum absolute atomic E-state index is 0.233. The first-order valence-electron chi connectivity index (χ1n) is 5.51. The van der Waals surface area contributed by atoms with Gasteiger partial charge in [-0.25, -0.2) is 4.98 Å². The zero-order valence-corrected chi connectivity index (χ0v) is 10.9. The van der Waals surface area contributed by atoms with E-state index in [1.165, 1.54) is 0 Å². The van der Waals surface area contributed by atoms with Gasteiger partial charge in [0.05, 0.1) is 5.69 Å². The molecule has 1 N–H and O–H groups in total. The number of carbonyl (C=O) groups is 1. The van der Waals surface area contributed by atoms with Gasteiger partial charge in [-0.15, -0.1) is 11.6 Å². The highest BCUT2D eigenvalue weighted by atomic mass is 35.5. The van der Waals surface area contributed by atoms with Crippen LogP contribution < -0.4 is 5.32 Å². The molecule has 0 fully saturated rings. The molecule has 0 aliphatic carbocycles. The number of carbonyl (C=O) groups excluding carboxylic acids is 1. The quantitative estimate of drug-likeness (QED) is 0.866. The van der Waals surface area contributed by atoms with Gasteiger partial charge >= 0.3 is 0 Å². The Balaban J connectivity index is 2.24. The molecule has 0 saturated carbocycles. The molecule has 0 aliphatic rings. The van der Waals surface area contributed by atoms with Crippen LogP contribution in [-0.4, -0.2) is 10.9 Å². The van der Waals surface area contributed by atoms with E-state index in [1.54, 1.807) is 19.9 Å². The van der Waals surface area contributed by atoms with Crippen LogP contribution >= 0.6 is 11.6 Å². The van der Waals surface area contributed by atoms with Crippen molar-refractivity contribution in [3.05, 3.63) is 47.2 Å². The molecule has 2 aromatic rings. The highest BCUT2D eigenvalue weighted by Gasteiger charge is 2.16. The number of hydrogen-bond acceptors (Lipinski definition) is 3. The van der Waals surface area contributed by atoms with E-state index in [2.05, 4.69) is 10.3 Å². The zero-order valence-electron chi connectivity index (χ0n) is 10.2. The number of aryl methyl sites for hydroxylation is 2. The molecule has 1 heterocycles. The van der Waals surface area contributed by atoms with Crippen LogP contribution in [0.15, 0.2) is 28.7 Å². The number of rotatable bonds is 3. The van der Waals surface area contributed by atoms with Crippen molar-refractivity contribution >= 4 is 23.2 Å². The normalized spacial score (nSPS) is 10.4. The molecule has 0 spiro atoms. The second-order valence-corrected chi connectivity index (χ2v) is 4.16. The number of nitrogens with one attached hydrogen (secondary N) is 1. The largest absolute Gasteiger partial charge is 0.436 e. The topological polar surface area (TPSA) is 55.1 Å². The van der Waals surface area contributed by atoms with Crippen molar-refractivity contribution < 1.29 is 9.21 Å². The van der Waals surface area contributed by atoms with Gasteiger partial charge in [0.1, 0.15) is 0 Å². The summed E-state index contributed by atoms with van der Waals surface area (Å²) in [5, 5.41) is 2.77. The van der Waals surface area contributed by atoms with Gasteiger partial charge in [-0.1, -0.05) is 18.2 Å². The van der Waals surface area contributed by atoms with Crippen LogP contribution in [0.25, 0.3) is 0 Å². The summed E-state index contributed by atoms with van der Waals surface area (Å²) in [6.45, 7) is 3.44. The second-order valence-electron chi connectivity index (χ2n) is 3.89. The average Bonchev–Trinajstić information content (AvgIpc) is 2.69. The molecule has 0 saturated heterocycles. The Hall–Kier alpha value is -1.81. The van der Waals surface area contributed by atoms with Crippen molar-refractivity contribution in [2.75, 3.05) is 5.32 Å². The second kappa shape index (κ2) is 5.23. The third kappa shape index (κ3) is 2.54. The number of hydrogen-bond donors (Lipinski definition) is 1. The first-order chi connectivity index (χ1) is 8.61. The van der Waals surface area contributed by atoms with Crippen LogP contribution in [0.3, 0.4) is 0 Å². The fourth-order valence-corrected chi connectivity index (χ4v) is 1.91. The van der Waals surface area contributed by atoms with Crippen molar-refractivity contribution in [1.82, 2.24) is 4.98 Å². The lowest BCUT2D eigenvalue weighted by molar-refractivity contribution is 0.0994. The maximum atomic E-state index is 12.0. The predicted octanol–water partition coefficient (Wildman–Crippen LogP) is 3.28. The number of alkyl halides is 1. The summed E-state index contributed by atoms with van der Waals surface area (Å²) < 4.78 is 5.27. The van der Waals surface area contributed by atoms with Crippen molar-refractivity contribution in [2.45, 2.75) is 19.7 Å². The molecule has 0 bridgehead atoms. The molecule has 0 unspecified atom stereocenters. The molecule has 0 atom stereocenters. The van der Waals surface area contributed by atoms with Gasteiger partial charge in [0.15, 0.2) is 5.89 Å². The molecular weight excluding hydrogens is 252 g/mol. The van der Waals surface area contributed by atoms with Gasteiger partial charge in [-0.05, 0) is 18.6 Å². The minimum Gasteiger partial charge on any atom is -0.436 e. The molecule has 5 heteroatoms. The van der Waals surface area contributed by atoms with E-state index in [4.69, 9.17) is 16.0 Å². The molecule has 1 aromatic heterocycles. The first-order valence-corrected chi connectivity index (χ1v) is 6.04. The van der Waals surface area contributed by atoms with Crippen molar-refractivity contribution in [3.63, 3.8) is 0 Å². The Morgan fingerprint density at radius 2 is 2.11 bits per heavy atom. The van der Waals surface area contributed by atoms with Crippen molar-refractivity contribution in [1.29, 1.82) is 0 Å². The van der Waals surface area contributed by atoms with Gasteiger partial charge in [0, 0.05) is 18.5 Å². The van der Waals surface area contributed by atoms with Crippen LogP contribution in [0.5, 0.6) is 0 Å². The Labute approximate surface area is 110 Å². The number of amides is 1. The van der Waals surface area contributed by atoms with Gasteiger partial charge in [-0.3, -0.25) is 4.79 Å². The maximum Gasteiger partial charge on any atom is 0.293 e. The number of nitrogens with zero attached hydrogens (tertiary/aromatic N) is 1. The lowest BCUT2D eigenvalue weighted by Gasteiger charge is -2.07. The van der Waals surface area contributed by atoms with E-state index in [9.17, 15) is 4.79 Å². The summed E-state index contributed by atoms with van der Waals surface area (Å²) in [6, 6.07) is 7.37. The summed E-state index contributed by atoms with van der Waals surface area (Å²) in [5.74, 6) is 0.732. The Kier molecular flexibility index (Phi) is 3.67. The molecule has 1 aromatic carbocycles. The molecule has 1 amide bonds. The molecule has 18 heavy (non-hydrogen) atoms. The third-order valence-corrected chi connectivity index (χ3v) is 2.81. The predicted molar refractivity (Wildman–Crippen MR) is 69.9 cm³/mol. The highest BCUT2D eigenvalue weighted by Crippen LogP contribution is 2.19. The van der Waals surface area contributed by atoms with E-state index in [0.29, 0.717) is 23.2 Å². The zero-order chi connectivity index (χ0) is 13.1. The average molecular weight is 265 g/mol. The van der Waals surface area contributed by atoms with Crippen molar-refractivity contribution in [3.8, 4) is 0 Å². The summed E-state index contributed by atoms with van der Waals surface area (Å²) in [5.41, 5.74) is 2.13. The van der Waals surface area contributed by atoms with Gasteiger partial charge in [0.2, 0.25) is 5.76 Å². The Morgan fingerprint density at radius 1 is 1.39 bits per heavy atom. The van der Waals surface area contributed by atoms with E-state index >= 15 is 0 Å². The maximum absolute atomic E-state index is 12.0. The van der Waals surface area contributed by atoms with Crippen LogP contribution in [0.2, 0.25) is 0 Å². The van der Waals surface area contributed by atoms with Gasteiger partial charge in [0.25, 0.3) is 5.91 Å². The molecule has 2 rings (SSSR count). The number of halogens is 1. The molecule has 0 radical (unpaired) electrons. The minimum atomic E-state index is -0.314. The van der Waals surface area contributed by atoms with Crippen LogP contribution in [0.1, 0.15) is 27.7 Å². The van der Waals surface area contributed by atoms with Crippen LogP contribution in [0, 0.1) is 13.8 Å². The molecule has 4 nitrogen and oxygen atoms in total.